The van der Waals surface area contributed by atoms with Gasteiger partial charge in [-0.2, -0.15) is 0 Å². The zero-order valence-electron chi connectivity index (χ0n) is 16.3. The van der Waals surface area contributed by atoms with E-state index in [1.54, 1.807) is 0 Å². The summed E-state index contributed by atoms with van der Waals surface area (Å²) in [5, 5.41) is 0. The second-order valence-electron chi connectivity index (χ2n) is 8.08. The first kappa shape index (κ1) is 19.1. The lowest BCUT2D eigenvalue weighted by Crippen LogP contribution is -2.57. The van der Waals surface area contributed by atoms with Crippen molar-refractivity contribution in [3.05, 3.63) is 72.9 Å². The maximum Gasteiger partial charge on any atom is 0.254 e. The van der Waals surface area contributed by atoms with Crippen molar-refractivity contribution in [3.63, 3.8) is 0 Å². The lowest BCUT2D eigenvalue weighted by molar-refractivity contribution is -0.143. The average Bonchev–Trinajstić information content (AvgIpc) is 3.20. The fraction of sp³-hybridized carbons (Fsp3) is 0.304. The molecule has 2 aliphatic heterocycles. The summed E-state index contributed by atoms with van der Waals surface area (Å²) in [5.74, 6) is -1.70. The summed E-state index contributed by atoms with van der Waals surface area (Å²) in [6.45, 7) is 3.74. The molecular weight excluding hydrogens is 368 g/mol. The molecule has 4 amide bonds. The molecule has 0 aromatic rings. The Labute approximate surface area is 169 Å². The average molecular weight is 390 g/mol. The van der Waals surface area contributed by atoms with Gasteiger partial charge in [0.15, 0.2) is 0 Å². The first-order valence-electron chi connectivity index (χ1n) is 9.62. The number of allylic oxidation sites excluding steroid dienone is 4. The molecule has 6 heteroatoms. The van der Waals surface area contributed by atoms with Gasteiger partial charge in [0.25, 0.3) is 23.6 Å². The molecule has 2 aliphatic carbocycles. The van der Waals surface area contributed by atoms with Crippen LogP contribution in [0.25, 0.3) is 0 Å². The van der Waals surface area contributed by atoms with Gasteiger partial charge in [-0.15, -0.1) is 0 Å². The maximum atomic E-state index is 12.4. The summed E-state index contributed by atoms with van der Waals surface area (Å²) >= 11 is 0. The van der Waals surface area contributed by atoms with Crippen molar-refractivity contribution >= 4 is 23.6 Å². The predicted octanol–water partition coefficient (Wildman–Crippen LogP) is 2.23. The highest BCUT2D eigenvalue weighted by Gasteiger charge is 2.49. The van der Waals surface area contributed by atoms with Gasteiger partial charge in [-0.05, 0) is 20.3 Å². The van der Waals surface area contributed by atoms with Crippen LogP contribution in [0.15, 0.2) is 72.9 Å². The number of hydrogen-bond acceptors (Lipinski definition) is 4. The van der Waals surface area contributed by atoms with E-state index in [0.717, 1.165) is 0 Å². The van der Waals surface area contributed by atoms with Crippen LogP contribution in [0.5, 0.6) is 0 Å². The maximum absolute atomic E-state index is 12.4. The molecule has 0 aromatic heterocycles. The Balaban J connectivity index is 1.66. The van der Waals surface area contributed by atoms with E-state index < -0.39 is 11.1 Å². The van der Waals surface area contributed by atoms with Crippen LogP contribution in [-0.4, -0.2) is 44.5 Å². The SMILES string of the molecule is CC1(N2C(=O)C=CC2=O)C=CC=CC1CC1C=CC=CC1(C)N1C(=O)C=CC1=O. The molecule has 4 unspecified atom stereocenters. The van der Waals surface area contributed by atoms with E-state index in [0.29, 0.717) is 6.42 Å². The van der Waals surface area contributed by atoms with E-state index in [-0.39, 0.29) is 35.5 Å². The molecule has 148 valence electrons. The van der Waals surface area contributed by atoms with Gasteiger partial charge in [0.2, 0.25) is 0 Å². The van der Waals surface area contributed by atoms with Gasteiger partial charge >= 0.3 is 0 Å². The zero-order valence-corrected chi connectivity index (χ0v) is 16.3. The quantitative estimate of drug-likeness (QED) is 0.690. The lowest BCUT2D eigenvalue weighted by Gasteiger charge is -2.47. The normalized spacial score (nSPS) is 35.7. The van der Waals surface area contributed by atoms with Gasteiger partial charge in [0.05, 0.1) is 11.1 Å². The van der Waals surface area contributed by atoms with E-state index >= 15 is 0 Å². The predicted molar refractivity (Wildman–Crippen MR) is 107 cm³/mol. The van der Waals surface area contributed by atoms with Gasteiger partial charge in [0, 0.05) is 36.1 Å². The van der Waals surface area contributed by atoms with E-state index in [1.807, 2.05) is 62.5 Å². The smallest absolute Gasteiger partial charge is 0.254 e. The fourth-order valence-corrected chi connectivity index (χ4v) is 4.67. The molecule has 4 atom stereocenters. The minimum atomic E-state index is -0.834. The van der Waals surface area contributed by atoms with Crippen molar-refractivity contribution in [1.29, 1.82) is 0 Å². The summed E-state index contributed by atoms with van der Waals surface area (Å²) in [7, 11) is 0. The number of amides is 4. The molecule has 0 radical (unpaired) electrons. The largest absolute Gasteiger partial charge is 0.269 e. The minimum Gasteiger partial charge on any atom is -0.269 e. The Kier molecular flexibility index (Phi) is 4.37. The topological polar surface area (TPSA) is 74.8 Å². The first-order valence-corrected chi connectivity index (χ1v) is 9.62. The van der Waals surface area contributed by atoms with Crippen molar-refractivity contribution < 1.29 is 19.2 Å². The summed E-state index contributed by atoms with van der Waals surface area (Å²) in [5.41, 5.74) is -1.67. The van der Waals surface area contributed by atoms with Crippen molar-refractivity contribution in [1.82, 2.24) is 9.80 Å². The Morgan fingerprint density at radius 2 is 1.00 bits per heavy atom. The molecule has 6 nitrogen and oxygen atoms in total. The van der Waals surface area contributed by atoms with Crippen molar-refractivity contribution in [2.24, 2.45) is 11.8 Å². The number of carbonyl (C=O) groups is 4. The standard InChI is InChI=1S/C23H22N2O4/c1-22(24-18(26)9-10-19(24)27)13-5-3-7-16(22)15-17-8-4-6-14-23(17,2)25-20(28)11-12-21(25)29/h3-14,16-17H,15H2,1-2H3. The van der Waals surface area contributed by atoms with Crippen molar-refractivity contribution in [3.8, 4) is 0 Å². The third-order valence-corrected chi connectivity index (χ3v) is 6.37. The molecule has 0 spiro atoms. The summed E-state index contributed by atoms with van der Waals surface area (Å²) < 4.78 is 0. The minimum absolute atomic E-state index is 0.179. The number of rotatable bonds is 4. The third-order valence-electron chi connectivity index (χ3n) is 6.37. The second-order valence-corrected chi connectivity index (χ2v) is 8.08. The van der Waals surface area contributed by atoms with Crippen LogP contribution in [0.4, 0.5) is 0 Å². The van der Waals surface area contributed by atoms with Gasteiger partial charge in [-0.3, -0.25) is 29.0 Å². The summed E-state index contributed by atoms with van der Waals surface area (Å²) in [6, 6.07) is 0. The second kappa shape index (κ2) is 6.65. The number of hydrogen-bond donors (Lipinski definition) is 0. The number of carbonyl (C=O) groups excluding carboxylic acids is 4. The molecule has 4 rings (SSSR count). The van der Waals surface area contributed by atoms with Crippen LogP contribution < -0.4 is 0 Å². The van der Waals surface area contributed by atoms with Gasteiger partial charge in [-0.25, -0.2) is 0 Å². The van der Waals surface area contributed by atoms with Crippen LogP contribution in [-0.2, 0) is 19.2 Å². The van der Waals surface area contributed by atoms with Crippen molar-refractivity contribution in [2.45, 2.75) is 31.3 Å². The molecule has 29 heavy (non-hydrogen) atoms. The first-order chi connectivity index (χ1) is 13.8. The third kappa shape index (κ3) is 2.87. The highest BCUT2D eigenvalue weighted by molar-refractivity contribution is 6.14. The molecule has 4 aliphatic rings. The zero-order chi connectivity index (χ0) is 20.8. The Morgan fingerprint density at radius 3 is 1.34 bits per heavy atom. The lowest BCUT2D eigenvalue weighted by atomic mass is 9.69. The van der Waals surface area contributed by atoms with Crippen LogP contribution in [0, 0.1) is 11.8 Å². The number of nitrogens with zero attached hydrogens (tertiary/aromatic N) is 2. The molecule has 0 saturated carbocycles. The van der Waals surface area contributed by atoms with Crippen LogP contribution in [0.3, 0.4) is 0 Å². The molecular formula is C23H22N2O4. The Hall–Kier alpha value is -3.28. The summed E-state index contributed by atoms with van der Waals surface area (Å²) in [4.78, 5) is 52.1. The highest BCUT2D eigenvalue weighted by Crippen LogP contribution is 2.42. The van der Waals surface area contributed by atoms with Crippen molar-refractivity contribution in [2.75, 3.05) is 0 Å². The molecule has 0 saturated heterocycles. The number of imide groups is 2. The van der Waals surface area contributed by atoms with E-state index in [9.17, 15) is 19.2 Å². The molecule has 2 heterocycles. The Bertz CT molecular complexity index is 869. The Morgan fingerprint density at radius 1 is 0.655 bits per heavy atom. The summed E-state index contributed by atoms with van der Waals surface area (Å²) in [6.07, 6.45) is 20.9. The monoisotopic (exact) mass is 390 g/mol. The molecule has 0 fully saturated rings. The van der Waals surface area contributed by atoms with E-state index in [4.69, 9.17) is 0 Å². The molecule has 0 bridgehead atoms. The van der Waals surface area contributed by atoms with Crippen LogP contribution in [0.1, 0.15) is 20.3 Å². The van der Waals surface area contributed by atoms with Gasteiger partial charge < -0.3 is 0 Å². The van der Waals surface area contributed by atoms with E-state index in [1.165, 1.54) is 34.1 Å². The van der Waals surface area contributed by atoms with Crippen LogP contribution >= 0.6 is 0 Å². The highest BCUT2D eigenvalue weighted by atomic mass is 16.2. The van der Waals surface area contributed by atoms with Gasteiger partial charge in [-0.1, -0.05) is 48.6 Å². The molecule has 0 N–H and O–H groups in total. The molecule has 0 aromatic carbocycles. The van der Waals surface area contributed by atoms with Gasteiger partial charge in [0.1, 0.15) is 0 Å². The fourth-order valence-electron chi connectivity index (χ4n) is 4.67. The van der Waals surface area contributed by atoms with Crippen LogP contribution in [0.2, 0.25) is 0 Å². The van der Waals surface area contributed by atoms with E-state index in [2.05, 4.69) is 0 Å².